The van der Waals surface area contributed by atoms with Crippen molar-refractivity contribution in [1.29, 1.82) is 0 Å². The second-order valence-electron chi connectivity index (χ2n) is 5.53. The van der Waals surface area contributed by atoms with Crippen LogP contribution in [0.25, 0.3) is 0 Å². The summed E-state index contributed by atoms with van der Waals surface area (Å²) in [5, 5.41) is 0. The molecule has 18 heavy (non-hydrogen) atoms. The summed E-state index contributed by atoms with van der Waals surface area (Å²) in [7, 11) is -3.39. The molecule has 0 saturated heterocycles. The number of alkyl halides is 1. The Kier molecular flexibility index (Phi) is 5.37. The molecule has 1 rings (SSSR count). The summed E-state index contributed by atoms with van der Waals surface area (Å²) in [6.07, 6.45) is 0.907. The predicted octanol–water partition coefficient (Wildman–Crippen LogP) is 3.16. The van der Waals surface area contributed by atoms with Crippen molar-refractivity contribution in [3.05, 3.63) is 30.3 Å². The third-order valence-electron chi connectivity index (χ3n) is 2.38. The average molecular weight is 334 g/mol. The molecule has 0 aromatic heterocycles. The highest BCUT2D eigenvalue weighted by molar-refractivity contribution is 9.09. The number of rotatable bonds is 5. The Labute approximate surface area is 118 Å². The minimum atomic E-state index is -3.39. The monoisotopic (exact) mass is 333 g/mol. The largest absolute Gasteiger partial charge is 0.240 e. The fourth-order valence-electron chi connectivity index (χ4n) is 1.62. The van der Waals surface area contributed by atoms with E-state index < -0.39 is 10.0 Å². The van der Waals surface area contributed by atoms with E-state index in [-0.39, 0.29) is 10.2 Å². The molecule has 5 heteroatoms. The second kappa shape index (κ2) is 6.17. The molecule has 0 fully saturated rings. The van der Waals surface area contributed by atoms with Crippen LogP contribution in [0.5, 0.6) is 0 Å². The van der Waals surface area contributed by atoms with Crippen molar-refractivity contribution in [2.24, 2.45) is 5.41 Å². The van der Waals surface area contributed by atoms with Crippen molar-refractivity contribution in [3.63, 3.8) is 0 Å². The standard InChI is InChI=1S/C13H20BrNO2S/c1-13(2,3)9-11(14)10-15-18(16,17)12-7-5-4-6-8-12/h4-8,11,15H,9-10H2,1-3H3. The van der Waals surface area contributed by atoms with E-state index >= 15 is 0 Å². The van der Waals surface area contributed by atoms with Gasteiger partial charge in [0.25, 0.3) is 0 Å². The van der Waals surface area contributed by atoms with Gasteiger partial charge in [0, 0.05) is 11.4 Å². The molecule has 0 bridgehead atoms. The molecule has 0 saturated carbocycles. The predicted molar refractivity (Wildman–Crippen MR) is 78.4 cm³/mol. The second-order valence-corrected chi connectivity index (χ2v) is 8.59. The molecule has 1 N–H and O–H groups in total. The Morgan fingerprint density at radius 1 is 1.22 bits per heavy atom. The molecule has 0 radical (unpaired) electrons. The van der Waals surface area contributed by atoms with Crippen molar-refractivity contribution in [3.8, 4) is 0 Å². The van der Waals surface area contributed by atoms with Gasteiger partial charge in [-0.3, -0.25) is 0 Å². The topological polar surface area (TPSA) is 46.2 Å². The number of hydrogen-bond acceptors (Lipinski definition) is 2. The van der Waals surface area contributed by atoms with Crippen LogP contribution in [0.15, 0.2) is 35.2 Å². The third kappa shape index (κ3) is 5.50. The van der Waals surface area contributed by atoms with Crippen LogP contribution in [0.1, 0.15) is 27.2 Å². The third-order valence-corrected chi connectivity index (χ3v) is 4.47. The van der Waals surface area contributed by atoms with E-state index in [0.717, 1.165) is 6.42 Å². The highest BCUT2D eigenvalue weighted by Crippen LogP contribution is 2.24. The van der Waals surface area contributed by atoms with E-state index in [1.165, 1.54) is 0 Å². The van der Waals surface area contributed by atoms with Crippen LogP contribution in [0, 0.1) is 5.41 Å². The Morgan fingerprint density at radius 2 is 1.78 bits per heavy atom. The lowest BCUT2D eigenvalue weighted by Crippen LogP contribution is -2.31. The van der Waals surface area contributed by atoms with Crippen LogP contribution in [0.3, 0.4) is 0 Å². The lowest BCUT2D eigenvalue weighted by molar-refractivity contribution is 0.373. The Hall–Kier alpha value is -0.390. The lowest BCUT2D eigenvalue weighted by Gasteiger charge is -2.22. The van der Waals surface area contributed by atoms with Crippen molar-refractivity contribution in [1.82, 2.24) is 4.72 Å². The molecule has 3 nitrogen and oxygen atoms in total. The first kappa shape index (κ1) is 15.7. The van der Waals surface area contributed by atoms with Gasteiger partial charge in [0.05, 0.1) is 4.90 Å². The zero-order chi connectivity index (χ0) is 13.8. The Bertz CT molecular complexity index is 466. The van der Waals surface area contributed by atoms with E-state index in [1.807, 2.05) is 0 Å². The molecule has 0 heterocycles. The fraction of sp³-hybridized carbons (Fsp3) is 0.538. The highest BCUT2D eigenvalue weighted by Gasteiger charge is 2.19. The van der Waals surface area contributed by atoms with E-state index in [1.54, 1.807) is 30.3 Å². The molecule has 1 aromatic carbocycles. The molecule has 0 amide bonds. The normalized spacial score (nSPS) is 14.4. The van der Waals surface area contributed by atoms with E-state index in [9.17, 15) is 8.42 Å². The molecular weight excluding hydrogens is 314 g/mol. The van der Waals surface area contributed by atoms with Gasteiger partial charge in [-0.25, -0.2) is 13.1 Å². The summed E-state index contributed by atoms with van der Waals surface area (Å²) in [5.74, 6) is 0. The molecule has 0 aliphatic rings. The minimum absolute atomic E-state index is 0.135. The van der Waals surface area contributed by atoms with Gasteiger partial charge in [-0.15, -0.1) is 0 Å². The van der Waals surface area contributed by atoms with E-state index in [0.29, 0.717) is 11.4 Å². The summed E-state index contributed by atoms with van der Waals surface area (Å²) in [4.78, 5) is 0.441. The highest BCUT2D eigenvalue weighted by atomic mass is 79.9. The number of benzene rings is 1. The first-order valence-corrected chi connectivity index (χ1v) is 8.29. The Morgan fingerprint density at radius 3 is 2.28 bits per heavy atom. The number of sulfonamides is 1. The first-order valence-electron chi connectivity index (χ1n) is 5.89. The van der Waals surface area contributed by atoms with Gasteiger partial charge >= 0.3 is 0 Å². The van der Waals surface area contributed by atoms with E-state index in [4.69, 9.17) is 0 Å². The molecule has 0 spiro atoms. The number of halogens is 1. The van der Waals surface area contributed by atoms with Crippen LogP contribution < -0.4 is 4.72 Å². The van der Waals surface area contributed by atoms with Crippen molar-refractivity contribution >= 4 is 26.0 Å². The van der Waals surface area contributed by atoms with Crippen LogP contribution in [-0.2, 0) is 10.0 Å². The van der Waals surface area contributed by atoms with Gasteiger partial charge in [-0.1, -0.05) is 54.9 Å². The van der Waals surface area contributed by atoms with Crippen LogP contribution in [0.2, 0.25) is 0 Å². The van der Waals surface area contributed by atoms with Crippen molar-refractivity contribution in [2.75, 3.05) is 6.54 Å². The van der Waals surface area contributed by atoms with Gasteiger partial charge in [-0.05, 0) is 24.0 Å². The lowest BCUT2D eigenvalue weighted by atomic mass is 9.91. The maximum Gasteiger partial charge on any atom is 0.240 e. The van der Waals surface area contributed by atoms with E-state index in [2.05, 4.69) is 41.4 Å². The van der Waals surface area contributed by atoms with Gasteiger partial charge in [0.2, 0.25) is 10.0 Å². The Balaban J connectivity index is 2.58. The smallest absolute Gasteiger partial charge is 0.210 e. The summed E-state index contributed by atoms with van der Waals surface area (Å²) in [6.45, 7) is 6.79. The van der Waals surface area contributed by atoms with Gasteiger partial charge in [0.15, 0.2) is 0 Å². The minimum Gasteiger partial charge on any atom is -0.210 e. The van der Waals surface area contributed by atoms with Crippen molar-refractivity contribution < 1.29 is 8.42 Å². The maximum atomic E-state index is 12.0. The first-order chi connectivity index (χ1) is 8.21. The van der Waals surface area contributed by atoms with Gasteiger partial charge < -0.3 is 0 Å². The summed E-state index contributed by atoms with van der Waals surface area (Å²) >= 11 is 3.51. The molecule has 0 aliphatic carbocycles. The summed E-state index contributed by atoms with van der Waals surface area (Å²) in [5.41, 5.74) is 0.173. The summed E-state index contributed by atoms with van der Waals surface area (Å²) in [6, 6.07) is 8.42. The maximum absolute atomic E-state index is 12.0. The average Bonchev–Trinajstić information content (AvgIpc) is 2.26. The van der Waals surface area contributed by atoms with Crippen molar-refractivity contribution in [2.45, 2.75) is 36.9 Å². The zero-order valence-electron chi connectivity index (χ0n) is 11.0. The van der Waals surface area contributed by atoms with Gasteiger partial charge in [0.1, 0.15) is 0 Å². The van der Waals surface area contributed by atoms with Crippen LogP contribution in [0.4, 0.5) is 0 Å². The van der Waals surface area contributed by atoms with Gasteiger partial charge in [-0.2, -0.15) is 0 Å². The molecule has 0 aliphatic heterocycles. The summed E-state index contributed by atoms with van der Waals surface area (Å²) < 4.78 is 26.6. The SMILES string of the molecule is CC(C)(C)CC(Br)CNS(=O)(=O)c1ccccc1. The number of hydrogen-bond donors (Lipinski definition) is 1. The number of nitrogens with one attached hydrogen (secondary N) is 1. The molecule has 102 valence electrons. The van der Waals surface area contributed by atoms with Crippen LogP contribution >= 0.6 is 15.9 Å². The molecule has 1 atom stereocenters. The quantitative estimate of drug-likeness (QED) is 0.841. The zero-order valence-corrected chi connectivity index (χ0v) is 13.4. The fourth-order valence-corrected chi connectivity index (χ4v) is 4.07. The molecule has 1 aromatic rings. The van der Waals surface area contributed by atoms with Crippen LogP contribution in [-0.4, -0.2) is 19.8 Å². The molecular formula is C13H20BrNO2S. The molecule has 1 unspecified atom stereocenters.